The lowest BCUT2D eigenvalue weighted by Crippen LogP contribution is -2.47. The molecule has 0 amide bonds. The summed E-state index contributed by atoms with van der Waals surface area (Å²) in [6.45, 7) is 6.46. The fourth-order valence-corrected chi connectivity index (χ4v) is 2.61. The zero-order valence-electron chi connectivity index (χ0n) is 9.11. The van der Waals surface area contributed by atoms with Crippen molar-refractivity contribution in [1.29, 1.82) is 0 Å². The van der Waals surface area contributed by atoms with E-state index in [4.69, 9.17) is 10.5 Å². The predicted octanol–water partition coefficient (Wildman–Crippen LogP) is 0.834. The molecule has 0 bridgehead atoms. The molecule has 2 heterocycles. The Hall–Kier alpha value is -0.120. The quantitative estimate of drug-likeness (QED) is 0.714. The molecule has 82 valence electrons. The van der Waals surface area contributed by atoms with Crippen LogP contribution in [0.1, 0.15) is 26.2 Å². The van der Waals surface area contributed by atoms with Gasteiger partial charge in [0.05, 0.1) is 6.61 Å². The van der Waals surface area contributed by atoms with Crippen molar-refractivity contribution >= 4 is 0 Å². The monoisotopic (exact) mass is 198 g/mol. The molecular weight excluding hydrogens is 176 g/mol. The zero-order valence-corrected chi connectivity index (χ0v) is 9.11. The lowest BCUT2D eigenvalue weighted by atomic mass is 9.91. The number of hydrogen-bond acceptors (Lipinski definition) is 3. The summed E-state index contributed by atoms with van der Waals surface area (Å²) in [4.78, 5) is 2.59. The van der Waals surface area contributed by atoms with E-state index in [1.165, 1.54) is 32.4 Å². The number of nitrogens with two attached hydrogens (primary N) is 1. The van der Waals surface area contributed by atoms with E-state index in [2.05, 4.69) is 11.8 Å². The first-order chi connectivity index (χ1) is 6.77. The van der Waals surface area contributed by atoms with Crippen molar-refractivity contribution in [3.05, 3.63) is 0 Å². The minimum Gasteiger partial charge on any atom is -0.380 e. The minimum absolute atomic E-state index is 0.347. The second-order valence-corrected chi connectivity index (χ2v) is 4.77. The molecule has 2 saturated heterocycles. The third kappa shape index (κ3) is 2.27. The molecule has 0 aliphatic carbocycles. The SMILES string of the molecule is CC(N)C1CCCN(C2CCOC2)C1. The molecule has 3 unspecified atom stereocenters. The Bertz CT molecular complexity index is 178. The number of rotatable bonds is 2. The summed E-state index contributed by atoms with van der Waals surface area (Å²) in [5.74, 6) is 0.698. The average molecular weight is 198 g/mol. The molecule has 2 fully saturated rings. The van der Waals surface area contributed by atoms with Crippen LogP contribution >= 0.6 is 0 Å². The standard InChI is InChI=1S/C11H22N2O/c1-9(12)10-3-2-5-13(7-10)11-4-6-14-8-11/h9-11H,2-8,12H2,1H3. The van der Waals surface area contributed by atoms with E-state index in [1.807, 2.05) is 0 Å². The van der Waals surface area contributed by atoms with Crippen molar-refractivity contribution in [1.82, 2.24) is 4.90 Å². The van der Waals surface area contributed by atoms with E-state index >= 15 is 0 Å². The van der Waals surface area contributed by atoms with Gasteiger partial charge in [-0.05, 0) is 38.6 Å². The van der Waals surface area contributed by atoms with Crippen LogP contribution in [-0.4, -0.2) is 43.3 Å². The summed E-state index contributed by atoms with van der Waals surface area (Å²) in [6.07, 6.45) is 3.83. The van der Waals surface area contributed by atoms with Crippen molar-refractivity contribution < 1.29 is 4.74 Å². The molecule has 2 aliphatic heterocycles. The van der Waals surface area contributed by atoms with Gasteiger partial charge in [0.1, 0.15) is 0 Å². The number of likely N-dealkylation sites (tertiary alicyclic amines) is 1. The Morgan fingerprint density at radius 1 is 1.43 bits per heavy atom. The van der Waals surface area contributed by atoms with Crippen LogP contribution in [0.3, 0.4) is 0 Å². The maximum Gasteiger partial charge on any atom is 0.0622 e. The van der Waals surface area contributed by atoms with E-state index in [1.54, 1.807) is 0 Å². The van der Waals surface area contributed by atoms with Gasteiger partial charge < -0.3 is 10.5 Å². The Labute approximate surface area is 86.6 Å². The summed E-state index contributed by atoms with van der Waals surface area (Å²) < 4.78 is 5.43. The smallest absolute Gasteiger partial charge is 0.0622 e. The van der Waals surface area contributed by atoms with Gasteiger partial charge in [-0.3, -0.25) is 4.90 Å². The van der Waals surface area contributed by atoms with Crippen molar-refractivity contribution in [2.45, 2.75) is 38.3 Å². The molecule has 0 aromatic carbocycles. The summed E-state index contributed by atoms with van der Waals surface area (Å²) in [7, 11) is 0. The second kappa shape index (κ2) is 4.60. The third-order valence-electron chi connectivity index (χ3n) is 3.65. The van der Waals surface area contributed by atoms with Crippen molar-refractivity contribution in [3.63, 3.8) is 0 Å². The molecular formula is C11H22N2O. The van der Waals surface area contributed by atoms with E-state index in [9.17, 15) is 0 Å². The first kappa shape index (κ1) is 10.4. The van der Waals surface area contributed by atoms with E-state index < -0.39 is 0 Å². The first-order valence-corrected chi connectivity index (χ1v) is 5.85. The highest BCUT2D eigenvalue weighted by molar-refractivity contribution is 4.84. The summed E-state index contributed by atoms with van der Waals surface area (Å²) in [5, 5.41) is 0. The first-order valence-electron chi connectivity index (χ1n) is 5.85. The Morgan fingerprint density at radius 3 is 2.93 bits per heavy atom. The van der Waals surface area contributed by atoms with Gasteiger partial charge in [-0.25, -0.2) is 0 Å². The molecule has 0 saturated carbocycles. The van der Waals surface area contributed by atoms with Gasteiger partial charge in [-0.15, -0.1) is 0 Å². The number of hydrogen-bond donors (Lipinski definition) is 1. The zero-order chi connectivity index (χ0) is 9.97. The lowest BCUT2D eigenvalue weighted by Gasteiger charge is -2.37. The van der Waals surface area contributed by atoms with Crippen LogP contribution in [0.5, 0.6) is 0 Å². The lowest BCUT2D eigenvalue weighted by molar-refractivity contribution is 0.0967. The van der Waals surface area contributed by atoms with Crippen LogP contribution < -0.4 is 5.73 Å². The molecule has 0 radical (unpaired) electrons. The van der Waals surface area contributed by atoms with E-state index in [0.717, 1.165) is 13.2 Å². The van der Waals surface area contributed by atoms with Gasteiger partial charge >= 0.3 is 0 Å². The molecule has 2 N–H and O–H groups in total. The molecule has 14 heavy (non-hydrogen) atoms. The predicted molar refractivity (Wildman–Crippen MR) is 57.2 cm³/mol. The Balaban J connectivity index is 1.86. The van der Waals surface area contributed by atoms with E-state index in [-0.39, 0.29) is 0 Å². The average Bonchev–Trinajstić information content (AvgIpc) is 2.71. The van der Waals surface area contributed by atoms with Gasteiger partial charge in [-0.1, -0.05) is 0 Å². The van der Waals surface area contributed by atoms with Gasteiger partial charge in [0.2, 0.25) is 0 Å². The molecule has 2 rings (SSSR count). The number of piperidine rings is 1. The molecule has 0 aromatic rings. The van der Waals surface area contributed by atoms with Gasteiger partial charge in [0.25, 0.3) is 0 Å². The number of ether oxygens (including phenoxy) is 1. The van der Waals surface area contributed by atoms with Crippen LogP contribution in [0, 0.1) is 5.92 Å². The number of nitrogens with zero attached hydrogens (tertiary/aromatic N) is 1. The molecule has 0 spiro atoms. The topological polar surface area (TPSA) is 38.5 Å². The van der Waals surface area contributed by atoms with Gasteiger partial charge in [-0.2, -0.15) is 0 Å². The van der Waals surface area contributed by atoms with Gasteiger partial charge in [0.15, 0.2) is 0 Å². The summed E-state index contributed by atoms with van der Waals surface area (Å²) in [6, 6.07) is 1.02. The maximum absolute atomic E-state index is 5.97. The van der Waals surface area contributed by atoms with Gasteiger partial charge in [0, 0.05) is 25.2 Å². The molecule has 2 aliphatic rings. The van der Waals surface area contributed by atoms with Crippen LogP contribution in [-0.2, 0) is 4.74 Å². The Kier molecular flexibility index (Phi) is 3.42. The molecule has 3 nitrogen and oxygen atoms in total. The van der Waals surface area contributed by atoms with Crippen LogP contribution in [0.4, 0.5) is 0 Å². The summed E-state index contributed by atoms with van der Waals surface area (Å²) >= 11 is 0. The third-order valence-corrected chi connectivity index (χ3v) is 3.65. The highest BCUT2D eigenvalue weighted by Gasteiger charge is 2.29. The maximum atomic E-state index is 5.97. The highest BCUT2D eigenvalue weighted by atomic mass is 16.5. The highest BCUT2D eigenvalue weighted by Crippen LogP contribution is 2.23. The minimum atomic E-state index is 0.347. The Morgan fingerprint density at radius 2 is 2.29 bits per heavy atom. The molecule has 3 heteroatoms. The van der Waals surface area contributed by atoms with Crippen LogP contribution in [0.25, 0.3) is 0 Å². The van der Waals surface area contributed by atoms with E-state index in [0.29, 0.717) is 18.0 Å². The van der Waals surface area contributed by atoms with Crippen molar-refractivity contribution in [2.24, 2.45) is 11.7 Å². The fraction of sp³-hybridized carbons (Fsp3) is 1.00. The van der Waals surface area contributed by atoms with Crippen LogP contribution in [0.2, 0.25) is 0 Å². The largest absolute Gasteiger partial charge is 0.380 e. The fourth-order valence-electron chi connectivity index (χ4n) is 2.61. The second-order valence-electron chi connectivity index (χ2n) is 4.77. The summed E-state index contributed by atoms with van der Waals surface area (Å²) in [5.41, 5.74) is 5.97. The van der Waals surface area contributed by atoms with Crippen molar-refractivity contribution in [3.8, 4) is 0 Å². The van der Waals surface area contributed by atoms with Crippen molar-refractivity contribution in [2.75, 3.05) is 26.3 Å². The molecule has 3 atom stereocenters. The van der Waals surface area contributed by atoms with Crippen LogP contribution in [0.15, 0.2) is 0 Å². The normalized spacial score (nSPS) is 37.3. The molecule has 0 aromatic heterocycles.